The monoisotopic (exact) mass is 308 g/mol. The number of hydrogen-bond acceptors (Lipinski definition) is 5. The summed E-state index contributed by atoms with van der Waals surface area (Å²) in [5.41, 5.74) is 1.94. The van der Waals surface area contributed by atoms with Crippen LogP contribution in [0.2, 0.25) is 0 Å². The molecule has 0 aliphatic carbocycles. The molecule has 0 saturated heterocycles. The van der Waals surface area contributed by atoms with Gasteiger partial charge in [-0.05, 0) is 24.3 Å². The largest absolute Gasteiger partial charge is 0.481 e. The van der Waals surface area contributed by atoms with Gasteiger partial charge in [-0.25, -0.2) is 10.1 Å². The molecule has 0 amide bonds. The molecule has 1 heterocycles. The van der Waals surface area contributed by atoms with Gasteiger partial charge in [0.1, 0.15) is 0 Å². The van der Waals surface area contributed by atoms with E-state index in [-0.39, 0.29) is 0 Å². The molecule has 21 heavy (non-hydrogen) atoms. The maximum Gasteiger partial charge on any atom is 0.296 e. The first-order valence-electron chi connectivity index (χ1n) is 6.11. The van der Waals surface area contributed by atoms with Crippen LogP contribution in [-0.4, -0.2) is 20.5 Å². The van der Waals surface area contributed by atoms with Crippen molar-refractivity contribution in [1.82, 2.24) is 4.98 Å². The number of benzene rings is 1. The molecule has 8 heteroatoms. The molecule has 0 unspecified atom stereocenters. The van der Waals surface area contributed by atoms with Gasteiger partial charge in [0, 0.05) is 11.8 Å². The van der Waals surface area contributed by atoms with Crippen molar-refractivity contribution < 1.29 is 13.2 Å². The Bertz CT molecular complexity index is 719. The summed E-state index contributed by atoms with van der Waals surface area (Å²) in [6, 6.07) is 12.3. The van der Waals surface area contributed by atoms with Crippen molar-refractivity contribution in [2.45, 2.75) is 6.54 Å². The smallest absolute Gasteiger partial charge is 0.296 e. The first kappa shape index (κ1) is 15.1. The van der Waals surface area contributed by atoms with Crippen LogP contribution in [0, 0.1) is 0 Å². The van der Waals surface area contributed by atoms with Gasteiger partial charge in [-0.2, -0.15) is 8.42 Å². The average Bonchev–Trinajstić information content (AvgIpc) is 2.44. The van der Waals surface area contributed by atoms with Gasteiger partial charge < -0.3 is 10.1 Å². The zero-order valence-corrected chi connectivity index (χ0v) is 12.2. The van der Waals surface area contributed by atoms with Crippen molar-refractivity contribution in [3.8, 4) is 5.88 Å². The minimum absolute atomic E-state index is 0.390. The fraction of sp³-hybridized carbons (Fsp3) is 0.154. The molecular weight excluding hydrogens is 292 g/mol. The van der Waals surface area contributed by atoms with Crippen LogP contribution in [-0.2, 0) is 16.8 Å². The topological polar surface area (TPSA) is 106 Å². The Hall–Kier alpha value is -2.32. The summed E-state index contributed by atoms with van der Waals surface area (Å²) in [4.78, 5) is 4.27. The third-order valence-corrected chi connectivity index (χ3v) is 3.11. The van der Waals surface area contributed by atoms with Crippen molar-refractivity contribution in [1.29, 1.82) is 0 Å². The second kappa shape index (κ2) is 6.42. The number of nitrogens with zero attached hydrogens (tertiary/aromatic N) is 1. The van der Waals surface area contributed by atoms with Crippen molar-refractivity contribution in [3.05, 3.63) is 48.2 Å². The van der Waals surface area contributed by atoms with Crippen LogP contribution in [0.3, 0.4) is 0 Å². The number of ether oxygens (including phenoxy) is 1. The van der Waals surface area contributed by atoms with Crippen LogP contribution in [0.5, 0.6) is 5.88 Å². The van der Waals surface area contributed by atoms with Gasteiger partial charge in [-0.1, -0.05) is 12.1 Å². The number of hydrogen-bond donors (Lipinski definition) is 3. The van der Waals surface area contributed by atoms with E-state index in [1.165, 1.54) is 0 Å². The van der Waals surface area contributed by atoms with Crippen LogP contribution in [0.4, 0.5) is 11.4 Å². The molecular formula is C13H16N4O3S. The Morgan fingerprint density at radius 3 is 2.62 bits per heavy atom. The van der Waals surface area contributed by atoms with E-state index >= 15 is 0 Å². The van der Waals surface area contributed by atoms with Crippen molar-refractivity contribution >= 4 is 21.6 Å². The highest BCUT2D eigenvalue weighted by Crippen LogP contribution is 2.16. The quantitative estimate of drug-likeness (QED) is 0.746. The molecule has 112 valence electrons. The first-order chi connectivity index (χ1) is 9.96. The number of nitrogens with one attached hydrogen (secondary N) is 2. The van der Waals surface area contributed by atoms with E-state index < -0.39 is 10.2 Å². The summed E-state index contributed by atoms with van der Waals surface area (Å²) >= 11 is 0. The molecule has 0 spiro atoms. The average molecular weight is 308 g/mol. The van der Waals surface area contributed by atoms with Gasteiger partial charge in [0.25, 0.3) is 10.2 Å². The number of nitrogens with two attached hydrogens (primary N) is 1. The highest BCUT2D eigenvalue weighted by Gasteiger charge is 2.03. The number of rotatable bonds is 6. The van der Waals surface area contributed by atoms with Crippen molar-refractivity contribution in [2.24, 2.45) is 5.14 Å². The molecule has 4 N–H and O–H groups in total. The maximum absolute atomic E-state index is 11.0. The van der Waals surface area contributed by atoms with E-state index in [1.54, 1.807) is 31.4 Å². The molecule has 0 fully saturated rings. The summed E-state index contributed by atoms with van der Waals surface area (Å²) in [6.45, 7) is 0.482. The lowest BCUT2D eigenvalue weighted by Crippen LogP contribution is -2.21. The lowest BCUT2D eigenvalue weighted by atomic mass is 10.2. The summed E-state index contributed by atoms with van der Waals surface area (Å²) in [7, 11) is -2.22. The standard InChI is InChI=1S/C13H16N4O3S/c1-20-13-7-3-6-12(16-13)9-15-10-4-2-5-11(8-10)17-21(14,18)19/h2-8,15,17H,9H2,1H3,(H2,14,18,19). The second-order valence-electron chi connectivity index (χ2n) is 4.25. The third-order valence-electron chi connectivity index (χ3n) is 2.59. The zero-order chi connectivity index (χ0) is 15.3. The van der Waals surface area contributed by atoms with E-state index in [2.05, 4.69) is 15.0 Å². The Labute approximate surface area is 123 Å². The first-order valence-corrected chi connectivity index (χ1v) is 7.65. The lowest BCUT2D eigenvalue weighted by Gasteiger charge is -2.09. The molecule has 0 aliphatic heterocycles. The SMILES string of the molecule is COc1cccc(CNc2cccc(NS(N)(=O)=O)c2)n1. The fourth-order valence-corrected chi connectivity index (χ4v) is 2.17. The summed E-state index contributed by atoms with van der Waals surface area (Å²) in [5.74, 6) is 0.541. The maximum atomic E-state index is 11.0. The minimum atomic E-state index is -3.78. The minimum Gasteiger partial charge on any atom is -0.481 e. The summed E-state index contributed by atoms with van der Waals surface area (Å²) in [6.07, 6.45) is 0. The molecule has 0 saturated carbocycles. The van der Waals surface area contributed by atoms with Gasteiger partial charge >= 0.3 is 0 Å². The molecule has 7 nitrogen and oxygen atoms in total. The van der Waals surface area contributed by atoms with E-state index in [9.17, 15) is 8.42 Å². The van der Waals surface area contributed by atoms with Gasteiger partial charge in [0.15, 0.2) is 0 Å². The molecule has 0 bridgehead atoms. The van der Waals surface area contributed by atoms with E-state index in [4.69, 9.17) is 9.88 Å². The third kappa shape index (κ3) is 4.93. The predicted molar refractivity (Wildman–Crippen MR) is 81.3 cm³/mol. The molecule has 0 aliphatic rings. The Morgan fingerprint density at radius 1 is 1.19 bits per heavy atom. The van der Waals surface area contributed by atoms with Crippen LogP contribution < -0.4 is 19.9 Å². The normalized spacial score (nSPS) is 11.0. The molecule has 1 aromatic carbocycles. The highest BCUT2D eigenvalue weighted by molar-refractivity contribution is 7.90. The van der Waals surface area contributed by atoms with E-state index in [0.29, 0.717) is 18.1 Å². The summed E-state index contributed by atoms with van der Waals surface area (Å²) in [5, 5.41) is 8.08. The zero-order valence-electron chi connectivity index (χ0n) is 11.4. The second-order valence-corrected chi connectivity index (χ2v) is 5.55. The number of aromatic nitrogens is 1. The number of anilines is 2. The molecule has 0 atom stereocenters. The van der Waals surface area contributed by atoms with Crippen LogP contribution >= 0.6 is 0 Å². The number of pyridine rings is 1. The van der Waals surface area contributed by atoms with Gasteiger partial charge in [-0.15, -0.1) is 0 Å². The molecule has 1 aromatic heterocycles. The predicted octanol–water partition coefficient (Wildman–Crippen LogP) is 1.32. The van der Waals surface area contributed by atoms with E-state index in [0.717, 1.165) is 11.4 Å². The van der Waals surface area contributed by atoms with Crippen molar-refractivity contribution in [2.75, 3.05) is 17.1 Å². The Kier molecular flexibility index (Phi) is 4.61. The fourth-order valence-electron chi connectivity index (χ4n) is 1.72. The Morgan fingerprint density at radius 2 is 1.90 bits per heavy atom. The van der Waals surface area contributed by atoms with Crippen LogP contribution in [0.1, 0.15) is 5.69 Å². The van der Waals surface area contributed by atoms with Gasteiger partial charge in [0.2, 0.25) is 5.88 Å². The van der Waals surface area contributed by atoms with Crippen LogP contribution in [0.15, 0.2) is 42.5 Å². The number of methoxy groups -OCH3 is 1. The molecule has 2 rings (SSSR count). The molecule has 0 radical (unpaired) electrons. The van der Waals surface area contributed by atoms with Crippen LogP contribution in [0.25, 0.3) is 0 Å². The molecule has 2 aromatic rings. The van der Waals surface area contributed by atoms with Gasteiger partial charge in [0.05, 0.1) is 25.0 Å². The van der Waals surface area contributed by atoms with E-state index in [1.807, 2.05) is 18.2 Å². The van der Waals surface area contributed by atoms with Crippen molar-refractivity contribution in [3.63, 3.8) is 0 Å². The highest BCUT2D eigenvalue weighted by atomic mass is 32.2. The summed E-state index contributed by atoms with van der Waals surface area (Å²) < 4.78 is 29.2. The lowest BCUT2D eigenvalue weighted by molar-refractivity contribution is 0.396. The Balaban J connectivity index is 2.04. The van der Waals surface area contributed by atoms with Gasteiger partial charge in [-0.3, -0.25) is 4.72 Å².